The van der Waals surface area contributed by atoms with Crippen LogP contribution in [-0.4, -0.2) is 16.9 Å². The SMILES string of the molecule is CC(C)Oc1cccc(C(=O)c2cscn2)c1. The molecule has 88 valence electrons. The van der Waals surface area contributed by atoms with Gasteiger partial charge >= 0.3 is 0 Å². The van der Waals surface area contributed by atoms with Crippen LogP contribution in [0.4, 0.5) is 0 Å². The Kier molecular flexibility index (Phi) is 3.54. The van der Waals surface area contributed by atoms with E-state index in [-0.39, 0.29) is 11.9 Å². The van der Waals surface area contributed by atoms with Crippen molar-refractivity contribution in [2.24, 2.45) is 0 Å². The van der Waals surface area contributed by atoms with Gasteiger partial charge < -0.3 is 4.74 Å². The molecule has 1 heterocycles. The molecule has 3 nitrogen and oxygen atoms in total. The first-order valence-corrected chi connectivity index (χ1v) is 6.30. The standard InChI is InChI=1S/C13H13NO2S/c1-9(2)16-11-5-3-4-10(6-11)13(15)12-7-17-8-14-12/h3-9H,1-2H3. The van der Waals surface area contributed by atoms with Crippen molar-refractivity contribution in [1.82, 2.24) is 4.98 Å². The molecule has 0 spiro atoms. The van der Waals surface area contributed by atoms with E-state index in [0.29, 0.717) is 17.0 Å². The van der Waals surface area contributed by atoms with Crippen LogP contribution in [0.25, 0.3) is 0 Å². The topological polar surface area (TPSA) is 39.2 Å². The van der Waals surface area contributed by atoms with Crippen LogP contribution in [0.5, 0.6) is 5.75 Å². The van der Waals surface area contributed by atoms with Crippen molar-refractivity contribution in [3.63, 3.8) is 0 Å². The first-order chi connectivity index (χ1) is 8.16. The minimum Gasteiger partial charge on any atom is -0.491 e. The summed E-state index contributed by atoms with van der Waals surface area (Å²) in [5.74, 6) is 0.640. The maximum Gasteiger partial charge on any atom is 0.212 e. The third kappa shape index (κ3) is 2.91. The fourth-order valence-corrected chi connectivity index (χ4v) is 1.99. The van der Waals surface area contributed by atoms with Gasteiger partial charge in [0.25, 0.3) is 0 Å². The quantitative estimate of drug-likeness (QED) is 0.779. The van der Waals surface area contributed by atoms with Crippen LogP contribution in [0.3, 0.4) is 0 Å². The van der Waals surface area contributed by atoms with Crippen molar-refractivity contribution >= 4 is 17.1 Å². The summed E-state index contributed by atoms with van der Waals surface area (Å²) >= 11 is 1.41. The highest BCUT2D eigenvalue weighted by Crippen LogP contribution is 2.17. The zero-order valence-corrected chi connectivity index (χ0v) is 10.5. The molecule has 1 aromatic carbocycles. The Morgan fingerprint density at radius 1 is 1.41 bits per heavy atom. The number of hydrogen-bond acceptors (Lipinski definition) is 4. The second-order valence-electron chi connectivity index (χ2n) is 3.90. The molecule has 0 saturated carbocycles. The smallest absolute Gasteiger partial charge is 0.212 e. The summed E-state index contributed by atoms with van der Waals surface area (Å²) in [4.78, 5) is 16.0. The van der Waals surface area contributed by atoms with Crippen LogP contribution < -0.4 is 4.74 Å². The lowest BCUT2D eigenvalue weighted by atomic mass is 10.1. The maximum atomic E-state index is 12.0. The largest absolute Gasteiger partial charge is 0.491 e. The van der Waals surface area contributed by atoms with E-state index in [4.69, 9.17) is 4.74 Å². The van der Waals surface area contributed by atoms with Crippen LogP contribution in [-0.2, 0) is 0 Å². The predicted octanol–water partition coefficient (Wildman–Crippen LogP) is 3.16. The van der Waals surface area contributed by atoms with Crippen LogP contribution >= 0.6 is 11.3 Å². The van der Waals surface area contributed by atoms with E-state index in [9.17, 15) is 4.79 Å². The average molecular weight is 247 g/mol. The number of carbonyl (C=O) groups is 1. The van der Waals surface area contributed by atoms with Gasteiger partial charge in [-0.25, -0.2) is 4.98 Å². The van der Waals surface area contributed by atoms with Crippen molar-refractivity contribution < 1.29 is 9.53 Å². The lowest BCUT2D eigenvalue weighted by Crippen LogP contribution is -2.07. The van der Waals surface area contributed by atoms with E-state index >= 15 is 0 Å². The summed E-state index contributed by atoms with van der Waals surface area (Å²) < 4.78 is 5.55. The third-order valence-electron chi connectivity index (χ3n) is 2.13. The average Bonchev–Trinajstić information content (AvgIpc) is 2.81. The molecular weight excluding hydrogens is 234 g/mol. The van der Waals surface area contributed by atoms with Gasteiger partial charge in [0.1, 0.15) is 11.4 Å². The van der Waals surface area contributed by atoms with Gasteiger partial charge in [-0.3, -0.25) is 4.79 Å². The summed E-state index contributed by atoms with van der Waals surface area (Å²) in [5.41, 5.74) is 2.74. The van der Waals surface area contributed by atoms with Gasteiger partial charge in [-0.2, -0.15) is 0 Å². The van der Waals surface area contributed by atoms with Crippen molar-refractivity contribution in [2.45, 2.75) is 20.0 Å². The highest BCUT2D eigenvalue weighted by Gasteiger charge is 2.11. The molecule has 17 heavy (non-hydrogen) atoms. The van der Waals surface area contributed by atoms with Crippen LogP contribution in [0.15, 0.2) is 35.2 Å². The number of nitrogens with zero attached hydrogens (tertiary/aromatic N) is 1. The Morgan fingerprint density at radius 3 is 2.88 bits per heavy atom. The fourth-order valence-electron chi connectivity index (χ4n) is 1.46. The molecular formula is C13H13NO2S. The molecule has 0 radical (unpaired) electrons. The van der Waals surface area contributed by atoms with Gasteiger partial charge in [-0.05, 0) is 26.0 Å². The number of ketones is 1. The molecule has 0 aliphatic heterocycles. The zero-order chi connectivity index (χ0) is 12.3. The summed E-state index contributed by atoms with van der Waals surface area (Å²) in [7, 11) is 0. The van der Waals surface area contributed by atoms with Crippen molar-refractivity contribution in [2.75, 3.05) is 0 Å². The number of aromatic nitrogens is 1. The second-order valence-corrected chi connectivity index (χ2v) is 4.62. The molecule has 0 aliphatic rings. The van der Waals surface area contributed by atoms with Gasteiger partial charge in [0.05, 0.1) is 11.6 Å². The molecule has 1 aromatic heterocycles. The molecule has 0 unspecified atom stereocenters. The zero-order valence-electron chi connectivity index (χ0n) is 9.71. The molecule has 0 N–H and O–H groups in total. The van der Waals surface area contributed by atoms with E-state index in [1.54, 1.807) is 23.0 Å². The fraction of sp³-hybridized carbons (Fsp3) is 0.231. The lowest BCUT2D eigenvalue weighted by molar-refractivity contribution is 0.103. The highest BCUT2D eigenvalue weighted by molar-refractivity contribution is 7.07. The van der Waals surface area contributed by atoms with E-state index < -0.39 is 0 Å². The van der Waals surface area contributed by atoms with Gasteiger partial charge in [0.2, 0.25) is 5.78 Å². The van der Waals surface area contributed by atoms with E-state index in [2.05, 4.69) is 4.98 Å². The van der Waals surface area contributed by atoms with Gasteiger partial charge in [0, 0.05) is 10.9 Å². The molecule has 0 bridgehead atoms. The molecule has 4 heteroatoms. The maximum absolute atomic E-state index is 12.0. The molecule has 2 rings (SSSR count). The number of thiazole rings is 1. The molecule has 2 aromatic rings. The number of carbonyl (C=O) groups excluding carboxylic acids is 1. The predicted molar refractivity (Wildman–Crippen MR) is 67.8 cm³/mol. The Balaban J connectivity index is 2.24. The van der Waals surface area contributed by atoms with Gasteiger partial charge in [0.15, 0.2) is 0 Å². The van der Waals surface area contributed by atoms with Gasteiger partial charge in [-0.15, -0.1) is 11.3 Å². The van der Waals surface area contributed by atoms with Crippen molar-refractivity contribution in [1.29, 1.82) is 0 Å². The summed E-state index contributed by atoms with van der Waals surface area (Å²) in [6.45, 7) is 3.91. The molecule has 0 atom stereocenters. The second kappa shape index (κ2) is 5.10. The first kappa shape index (κ1) is 11.8. The molecule has 0 fully saturated rings. The monoisotopic (exact) mass is 247 g/mol. The van der Waals surface area contributed by atoms with E-state index in [1.807, 2.05) is 26.0 Å². The Labute approximate surface area is 104 Å². The molecule has 0 saturated heterocycles. The van der Waals surface area contributed by atoms with E-state index in [0.717, 1.165) is 0 Å². The summed E-state index contributed by atoms with van der Waals surface area (Å²) in [5, 5.41) is 1.75. The third-order valence-corrected chi connectivity index (χ3v) is 2.72. The van der Waals surface area contributed by atoms with Crippen LogP contribution in [0.2, 0.25) is 0 Å². The summed E-state index contributed by atoms with van der Waals surface area (Å²) in [6.07, 6.45) is 0.0969. The number of hydrogen-bond donors (Lipinski definition) is 0. The Bertz CT molecular complexity index is 506. The van der Waals surface area contributed by atoms with Gasteiger partial charge in [-0.1, -0.05) is 12.1 Å². The number of ether oxygens (including phenoxy) is 1. The number of rotatable bonds is 4. The minimum absolute atomic E-state index is 0.0690. The van der Waals surface area contributed by atoms with E-state index in [1.165, 1.54) is 11.3 Å². The normalized spacial score (nSPS) is 10.5. The molecule has 0 amide bonds. The van der Waals surface area contributed by atoms with Crippen molar-refractivity contribution in [3.8, 4) is 5.75 Å². The van der Waals surface area contributed by atoms with Crippen LogP contribution in [0.1, 0.15) is 29.9 Å². The highest BCUT2D eigenvalue weighted by atomic mass is 32.1. The number of benzene rings is 1. The molecule has 0 aliphatic carbocycles. The lowest BCUT2D eigenvalue weighted by Gasteiger charge is -2.10. The van der Waals surface area contributed by atoms with Crippen molar-refractivity contribution in [3.05, 3.63) is 46.4 Å². The Morgan fingerprint density at radius 2 is 2.24 bits per heavy atom. The summed E-state index contributed by atoms with van der Waals surface area (Å²) in [6, 6.07) is 7.19. The minimum atomic E-state index is -0.0690. The Hall–Kier alpha value is -1.68. The van der Waals surface area contributed by atoms with Crippen LogP contribution in [0, 0.1) is 0 Å². The first-order valence-electron chi connectivity index (χ1n) is 5.36.